The molecule has 0 saturated heterocycles. The molecule has 0 spiro atoms. The van der Waals surface area contributed by atoms with Crippen molar-refractivity contribution in [2.75, 3.05) is 0 Å². The summed E-state index contributed by atoms with van der Waals surface area (Å²) in [4.78, 5) is 24.1. The molecule has 1 atom stereocenters. The van der Waals surface area contributed by atoms with Crippen molar-refractivity contribution in [2.24, 2.45) is 0 Å². The van der Waals surface area contributed by atoms with Gasteiger partial charge in [-0.3, -0.25) is 20.4 Å². The van der Waals surface area contributed by atoms with Gasteiger partial charge in [-0.1, -0.05) is 35.9 Å². The lowest BCUT2D eigenvalue weighted by molar-refractivity contribution is -0.132. The Labute approximate surface area is 165 Å². The second-order valence-corrected chi connectivity index (χ2v) is 6.99. The quantitative estimate of drug-likeness (QED) is 0.739. The van der Waals surface area contributed by atoms with Gasteiger partial charge in [0.2, 0.25) is 5.91 Å². The number of hydrazine groups is 1. The van der Waals surface area contributed by atoms with Gasteiger partial charge in [0, 0.05) is 11.4 Å². The molecule has 2 rings (SSSR count). The highest BCUT2D eigenvalue weighted by Crippen LogP contribution is 2.21. The van der Waals surface area contributed by atoms with Crippen molar-refractivity contribution >= 4 is 23.4 Å². The van der Waals surface area contributed by atoms with Crippen molar-refractivity contribution < 1.29 is 14.3 Å². The Morgan fingerprint density at radius 1 is 1.07 bits per heavy atom. The molecule has 0 aliphatic rings. The highest BCUT2D eigenvalue weighted by atomic mass is 35.5. The summed E-state index contributed by atoms with van der Waals surface area (Å²) in [5.41, 5.74) is 8.86. The molecule has 0 heterocycles. The SMILES string of the molecule is Cc1ccc(CCC(=O)NNC(=O)C(C)Oc2cccc(C)c2C)cc1Cl. The molecule has 144 valence electrons. The lowest BCUT2D eigenvalue weighted by atomic mass is 10.1. The third-order valence-corrected chi connectivity index (χ3v) is 4.84. The second-order valence-electron chi connectivity index (χ2n) is 6.58. The van der Waals surface area contributed by atoms with Crippen molar-refractivity contribution in [3.05, 3.63) is 63.7 Å². The summed E-state index contributed by atoms with van der Waals surface area (Å²) in [5, 5.41) is 0.679. The van der Waals surface area contributed by atoms with Crippen LogP contribution in [0, 0.1) is 20.8 Å². The molecule has 0 radical (unpaired) electrons. The topological polar surface area (TPSA) is 67.4 Å². The van der Waals surface area contributed by atoms with Crippen molar-refractivity contribution in [1.82, 2.24) is 10.9 Å². The molecule has 0 aliphatic heterocycles. The van der Waals surface area contributed by atoms with E-state index in [-0.39, 0.29) is 12.3 Å². The van der Waals surface area contributed by atoms with Crippen LogP contribution in [0.2, 0.25) is 5.02 Å². The largest absolute Gasteiger partial charge is 0.481 e. The molecule has 2 aromatic rings. The molecule has 1 unspecified atom stereocenters. The average molecular weight is 389 g/mol. The number of aryl methyl sites for hydroxylation is 3. The van der Waals surface area contributed by atoms with Gasteiger partial charge in [-0.15, -0.1) is 0 Å². The molecule has 2 aromatic carbocycles. The van der Waals surface area contributed by atoms with Crippen LogP contribution in [-0.2, 0) is 16.0 Å². The van der Waals surface area contributed by atoms with Crippen LogP contribution in [-0.4, -0.2) is 17.9 Å². The molecule has 0 saturated carbocycles. The predicted octanol–water partition coefficient (Wildman–Crippen LogP) is 3.81. The molecule has 0 fully saturated rings. The van der Waals surface area contributed by atoms with E-state index in [1.165, 1.54) is 0 Å². The standard InChI is InChI=1S/C21H25ClN2O3/c1-13-6-5-7-19(15(13)3)27-16(4)21(26)24-23-20(25)11-10-17-9-8-14(2)18(22)12-17/h5-9,12,16H,10-11H2,1-4H3,(H,23,25)(H,24,26). The molecule has 0 aliphatic carbocycles. The van der Waals surface area contributed by atoms with Crippen LogP contribution in [0.15, 0.2) is 36.4 Å². The molecule has 0 bridgehead atoms. The molecule has 2 N–H and O–H groups in total. The van der Waals surface area contributed by atoms with E-state index in [1.807, 2.05) is 57.2 Å². The predicted molar refractivity (Wildman–Crippen MR) is 107 cm³/mol. The fraction of sp³-hybridized carbons (Fsp3) is 0.333. The second kappa shape index (κ2) is 9.42. The lowest BCUT2D eigenvalue weighted by Crippen LogP contribution is -2.47. The summed E-state index contributed by atoms with van der Waals surface area (Å²) < 4.78 is 5.70. The van der Waals surface area contributed by atoms with E-state index in [0.717, 1.165) is 22.3 Å². The maximum atomic E-state index is 12.1. The minimum absolute atomic E-state index is 0.242. The number of hydrogen-bond donors (Lipinski definition) is 2. The van der Waals surface area contributed by atoms with E-state index < -0.39 is 12.0 Å². The smallest absolute Gasteiger partial charge is 0.279 e. The van der Waals surface area contributed by atoms with Gasteiger partial charge in [0.05, 0.1) is 0 Å². The first kappa shape index (κ1) is 20.8. The van der Waals surface area contributed by atoms with Gasteiger partial charge in [-0.05, 0) is 68.5 Å². The zero-order valence-electron chi connectivity index (χ0n) is 16.1. The van der Waals surface area contributed by atoms with E-state index in [9.17, 15) is 9.59 Å². The maximum absolute atomic E-state index is 12.1. The highest BCUT2D eigenvalue weighted by Gasteiger charge is 2.16. The minimum Gasteiger partial charge on any atom is -0.481 e. The van der Waals surface area contributed by atoms with Crippen molar-refractivity contribution in [1.29, 1.82) is 0 Å². The number of carbonyl (C=O) groups excluding carboxylic acids is 2. The summed E-state index contributed by atoms with van der Waals surface area (Å²) in [6.07, 6.45) is 0.0454. The van der Waals surface area contributed by atoms with Gasteiger partial charge in [0.1, 0.15) is 5.75 Å². The zero-order valence-corrected chi connectivity index (χ0v) is 16.8. The van der Waals surface area contributed by atoms with E-state index in [2.05, 4.69) is 10.9 Å². The molecule has 6 heteroatoms. The summed E-state index contributed by atoms with van der Waals surface area (Å²) in [7, 11) is 0. The first-order valence-electron chi connectivity index (χ1n) is 8.84. The fourth-order valence-electron chi connectivity index (χ4n) is 2.44. The Morgan fingerprint density at radius 2 is 1.81 bits per heavy atom. The van der Waals surface area contributed by atoms with E-state index in [0.29, 0.717) is 17.2 Å². The van der Waals surface area contributed by atoms with Crippen molar-refractivity contribution in [3.63, 3.8) is 0 Å². The van der Waals surface area contributed by atoms with Crippen molar-refractivity contribution in [2.45, 2.75) is 46.6 Å². The van der Waals surface area contributed by atoms with E-state index in [4.69, 9.17) is 16.3 Å². The van der Waals surface area contributed by atoms with Gasteiger partial charge in [-0.25, -0.2) is 0 Å². The van der Waals surface area contributed by atoms with Gasteiger partial charge in [-0.2, -0.15) is 0 Å². The third kappa shape index (κ3) is 6.00. The number of halogens is 1. The Balaban J connectivity index is 1.79. The Bertz CT molecular complexity index is 836. The molecule has 5 nitrogen and oxygen atoms in total. The molecule has 2 amide bonds. The van der Waals surface area contributed by atoms with Gasteiger partial charge in [0.25, 0.3) is 5.91 Å². The average Bonchev–Trinajstić information content (AvgIpc) is 2.64. The number of nitrogens with one attached hydrogen (secondary N) is 2. The minimum atomic E-state index is -0.735. The zero-order chi connectivity index (χ0) is 20.0. The van der Waals surface area contributed by atoms with Crippen LogP contribution >= 0.6 is 11.6 Å². The number of amides is 2. The van der Waals surface area contributed by atoms with E-state index >= 15 is 0 Å². The van der Waals surface area contributed by atoms with E-state index in [1.54, 1.807) is 6.92 Å². The number of hydrogen-bond acceptors (Lipinski definition) is 3. The monoisotopic (exact) mass is 388 g/mol. The summed E-state index contributed by atoms with van der Waals surface area (Å²) in [5.74, 6) is -0.0400. The third-order valence-electron chi connectivity index (χ3n) is 4.43. The lowest BCUT2D eigenvalue weighted by Gasteiger charge is -2.17. The van der Waals surface area contributed by atoms with Crippen LogP contribution in [0.5, 0.6) is 5.75 Å². The Hall–Kier alpha value is -2.53. The van der Waals surface area contributed by atoms with Crippen LogP contribution in [0.4, 0.5) is 0 Å². The number of rotatable bonds is 6. The number of carbonyl (C=O) groups is 2. The maximum Gasteiger partial charge on any atom is 0.279 e. The summed E-state index contributed by atoms with van der Waals surface area (Å²) in [6, 6.07) is 11.4. The molecule has 0 aromatic heterocycles. The highest BCUT2D eigenvalue weighted by molar-refractivity contribution is 6.31. The molecular weight excluding hydrogens is 364 g/mol. The summed E-state index contributed by atoms with van der Waals surface area (Å²) in [6.45, 7) is 7.48. The van der Waals surface area contributed by atoms with Crippen LogP contribution in [0.1, 0.15) is 35.6 Å². The normalized spacial score (nSPS) is 11.6. The molecular formula is C21H25ClN2O3. The number of benzene rings is 2. The summed E-state index contributed by atoms with van der Waals surface area (Å²) >= 11 is 6.08. The van der Waals surface area contributed by atoms with Gasteiger partial charge < -0.3 is 4.74 Å². The van der Waals surface area contributed by atoms with Crippen LogP contribution in [0.25, 0.3) is 0 Å². The fourth-order valence-corrected chi connectivity index (χ4v) is 2.64. The Morgan fingerprint density at radius 3 is 2.52 bits per heavy atom. The van der Waals surface area contributed by atoms with Crippen LogP contribution < -0.4 is 15.6 Å². The van der Waals surface area contributed by atoms with Gasteiger partial charge in [0.15, 0.2) is 6.10 Å². The number of ether oxygens (including phenoxy) is 1. The van der Waals surface area contributed by atoms with Crippen LogP contribution in [0.3, 0.4) is 0 Å². The molecule has 27 heavy (non-hydrogen) atoms. The first-order valence-corrected chi connectivity index (χ1v) is 9.22. The van der Waals surface area contributed by atoms with Gasteiger partial charge >= 0.3 is 0 Å². The first-order chi connectivity index (χ1) is 12.8. The van der Waals surface area contributed by atoms with Crippen molar-refractivity contribution in [3.8, 4) is 5.75 Å². The Kier molecular flexibility index (Phi) is 7.25.